The predicted octanol–water partition coefficient (Wildman–Crippen LogP) is 4.05. The lowest BCUT2D eigenvalue weighted by Crippen LogP contribution is -2.18. The van der Waals surface area contributed by atoms with Crippen molar-refractivity contribution in [1.82, 2.24) is 0 Å². The van der Waals surface area contributed by atoms with Crippen LogP contribution < -0.4 is 3.79 Å². The van der Waals surface area contributed by atoms with Gasteiger partial charge in [0, 0.05) is 0 Å². The average Bonchev–Trinajstić information content (AvgIpc) is 2.13. The fourth-order valence-electron chi connectivity index (χ4n) is 1.94. The molecular weight excluding hydrogens is 282 g/mol. The van der Waals surface area contributed by atoms with Gasteiger partial charge in [0.25, 0.3) is 0 Å². The molecule has 0 aliphatic heterocycles. The van der Waals surface area contributed by atoms with Gasteiger partial charge in [-0.15, -0.1) is 24.8 Å². The molecule has 0 heterocycles. The summed E-state index contributed by atoms with van der Waals surface area (Å²) < 4.78 is 5.77. The van der Waals surface area contributed by atoms with Crippen LogP contribution in [0.4, 0.5) is 0 Å². The fourth-order valence-corrected chi connectivity index (χ4v) is 2.38. The summed E-state index contributed by atoms with van der Waals surface area (Å²) in [6, 6.07) is 6.51. The van der Waals surface area contributed by atoms with Gasteiger partial charge in [0.2, 0.25) is 0 Å². The van der Waals surface area contributed by atoms with E-state index in [1.165, 1.54) is 11.1 Å². The highest BCUT2D eigenvalue weighted by Crippen LogP contribution is 2.38. The highest BCUT2D eigenvalue weighted by atomic mass is 35.5. The minimum Gasteiger partial charge on any atom is -0.647 e. The molecule has 0 bridgehead atoms. The van der Waals surface area contributed by atoms with Crippen molar-refractivity contribution in [3.63, 3.8) is 0 Å². The maximum atomic E-state index is 5.77. The van der Waals surface area contributed by atoms with Gasteiger partial charge in [-0.3, -0.25) is 0 Å². The smallest absolute Gasteiger partial charge is 0.496 e. The zero-order valence-electron chi connectivity index (χ0n) is 12.5. The maximum Gasteiger partial charge on any atom is 0.496 e. The zero-order valence-corrected chi connectivity index (χ0v) is 16.1. The molecule has 0 aliphatic rings. The van der Waals surface area contributed by atoms with Gasteiger partial charge in [-0.2, -0.15) is 0 Å². The van der Waals surface area contributed by atoms with Crippen LogP contribution in [0.2, 0.25) is 0 Å². The second-order valence-electron chi connectivity index (χ2n) is 6.39. The molecular formula is C14H25AlCl2O. The van der Waals surface area contributed by atoms with Crippen molar-refractivity contribution in [3.8, 4) is 5.75 Å². The highest BCUT2D eigenvalue weighted by molar-refractivity contribution is 6.00. The van der Waals surface area contributed by atoms with Gasteiger partial charge in [-0.05, 0) is 22.0 Å². The molecule has 0 unspecified atom stereocenters. The molecule has 0 saturated heterocycles. The first-order chi connectivity index (χ1) is 7.18. The van der Waals surface area contributed by atoms with Crippen LogP contribution in [0.1, 0.15) is 52.7 Å². The van der Waals surface area contributed by atoms with Crippen molar-refractivity contribution in [2.45, 2.75) is 52.4 Å². The van der Waals surface area contributed by atoms with E-state index < -0.39 is 0 Å². The van der Waals surface area contributed by atoms with Gasteiger partial charge in [0.1, 0.15) is 0 Å². The van der Waals surface area contributed by atoms with E-state index in [1.807, 2.05) is 0 Å². The Morgan fingerprint density at radius 2 is 1.17 bits per heavy atom. The summed E-state index contributed by atoms with van der Waals surface area (Å²) in [7, 11) is 0. The molecule has 104 valence electrons. The van der Waals surface area contributed by atoms with Gasteiger partial charge in [-0.1, -0.05) is 59.7 Å². The van der Waals surface area contributed by atoms with E-state index in [0.717, 1.165) is 22.4 Å². The lowest BCUT2D eigenvalue weighted by atomic mass is 9.80. The SMILES string of the molecule is CC(C)(C)c1cccc(C(C)(C)C)c1[O][AlH2].Cl.Cl. The second-order valence-corrected chi connectivity index (χ2v) is 6.79. The third kappa shape index (κ3) is 4.67. The average molecular weight is 307 g/mol. The largest absolute Gasteiger partial charge is 0.647 e. The summed E-state index contributed by atoms with van der Waals surface area (Å²) in [5, 5.41) is 0. The molecule has 1 rings (SSSR count). The van der Waals surface area contributed by atoms with Crippen LogP contribution in [0.5, 0.6) is 5.75 Å². The quantitative estimate of drug-likeness (QED) is 0.711. The minimum absolute atomic E-state index is 0. The number of hydrogen-bond donors (Lipinski definition) is 0. The van der Waals surface area contributed by atoms with E-state index in [0.29, 0.717) is 0 Å². The molecule has 0 amide bonds. The molecule has 0 saturated carbocycles. The molecule has 0 aromatic heterocycles. The third-order valence-electron chi connectivity index (χ3n) is 2.84. The standard InChI is InChI=1S/C14H22O.Al.2ClH.2H/c1-13(2,3)10-8-7-9-11(12(10)15)14(4,5)6;;;;;/h7-9,15H,1-6H3;;2*1H;;/q;+1;;;;/p-1. The molecule has 1 nitrogen and oxygen atoms in total. The second kappa shape index (κ2) is 7.06. The van der Waals surface area contributed by atoms with Crippen molar-refractivity contribution in [3.05, 3.63) is 29.3 Å². The zero-order chi connectivity index (χ0) is 12.6. The summed E-state index contributed by atoms with van der Waals surface area (Å²) in [5.41, 5.74) is 2.91. The molecule has 0 aliphatic carbocycles. The van der Waals surface area contributed by atoms with Crippen molar-refractivity contribution in [2.24, 2.45) is 0 Å². The van der Waals surface area contributed by atoms with E-state index in [9.17, 15) is 0 Å². The summed E-state index contributed by atoms with van der Waals surface area (Å²) in [5.74, 6) is 1.11. The number of hydrogen-bond acceptors (Lipinski definition) is 1. The molecule has 4 heteroatoms. The topological polar surface area (TPSA) is 9.23 Å². The molecule has 1 aromatic rings. The van der Waals surface area contributed by atoms with Crippen LogP contribution >= 0.6 is 24.8 Å². The van der Waals surface area contributed by atoms with Gasteiger partial charge < -0.3 is 3.79 Å². The van der Waals surface area contributed by atoms with Crippen molar-refractivity contribution >= 4 is 41.4 Å². The number of benzene rings is 1. The van der Waals surface area contributed by atoms with E-state index in [-0.39, 0.29) is 35.6 Å². The number of rotatable bonds is 1. The first-order valence-electron chi connectivity index (χ1n) is 5.86. The van der Waals surface area contributed by atoms with Crippen LogP contribution in [-0.4, -0.2) is 16.6 Å². The van der Waals surface area contributed by atoms with Crippen LogP contribution in [0.3, 0.4) is 0 Å². The fraction of sp³-hybridized carbons (Fsp3) is 0.571. The Bertz CT molecular complexity index is 346. The first kappa shape index (κ1) is 20.5. The Labute approximate surface area is 132 Å². The molecule has 0 radical (unpaired) electrons. The van der Waals surface area contributed by atoms with Crippen LogP contribution in [0, 0.1) is 0 Å². The summed E-state index contributed by atoms with van der Waals surface area (Å²) in [4.78, 5) is 0. The van der Waals surface area contributed by atoms with Crippen molar-refractivity contribution in [2.75, 3.05) is 0 Å². The van der Waals surface area contributed by atoms with Crippen LogP contribution in [0.15, 0.2) is 18.2 Å². The van der Waals surface area contributed by atoms with Gasteiger partial charge in [0.15, 0.2) is 0 Å². The molecule has 0 N–H and O–H groups in total. The van der Waals surface area contributed by atoms with E-state index in [4.69, 9.17) is 3.79 Å². The number of halogens is 2. The molecule has 18 heavy (non-hydrogen) atoms. The maximum absolute atomic E-state index is 5.77. The number of para-hydroxylation sites is 1. The lowest BCUT2D eigenvalue weighted by Gasteiger charge is -2.29. The van der Waals surface area contributed by atoms with Gasteiger partial charge in [0.05, 0.1) is 5.75 Å². The third-order valence-corrected chi connectivity index (χ3v) is 3.24. The van der Waals surface area contributed by atoms with E-state index in [2.05, 4.69) is 59.7 Å². The lowest BCUT2D eigenvalue weighted by molar-refractivity contribution is 0.501. The summed E-state index contributed by atoms with van der Waals surface area (Å²) >= 11 is 0.741. The summed E-state index contributed by atoms with van der Waals surface area (Å²) in [6.07, 6.45) is 0. The molecule has 0 atom stereocenters. The van der Waals surface area contributed by atoms with Crippen LogP contribution in [0.25, 0.3) is 0 Å². The summed E-state index contributed by atoms with van der Waals surface area (Å²) in [6.45, 7) is 13.4. The Kier molecular flexibility index (Phi) is 8.02. The van der Waals surface area contributed by atoms with Gasteiger partial charge >= 0.3 is 16.6 Å². The Morgan fingerprint density at radius 1 is 0.833 bits per heavy atom. The Morgan fingerprint density at radius 3 is 1.39 bits per heavy atom. The van der Waals surface area contributed by atoms with E-state index in [1.54, 1.807) is 0 Å². The normalized spacial score (nSPS) is 11.2. The first-order valence-corrected chi connectivity index (χ1v) is 6.67. The monoisotopic (exact) mass is 306 g/mol. The molecule has 0 fully saturated rings. The highest BCUT2D eigenvalue weighted by Gasteiger charge is 2.24. The molecule has 0 spiro atoms. The van der Waals surface area contributed by atoms with Crippen LogP contribution in [-0.2, 0) is 10.8 Å². The predicted molar refractivity (Wildman–Crippen MR) is 87.5 cm³/mol. The minimum atomic E-state index is 0. The van der Waals surface area contributed by atoms with Gasteiger partial charge in [-0.25, -0.2) is 0 Å². The Hall–Kier alpha value is 0.132. The van der Waals surface area contributed by atoms with Crippen molar-refractivity contribution in [1.29, 1.82) is 0 Å². The molecule has 1 aromatic carbocycles. The van der Waals surface area contributed by atoms with Crippen molar-refractivity contribution < 1.29 is 3.79 Å². The van der Waals surface area contributed by atoms with E-state index >= 15 is 0 Å². The Balaban J connectivity index is 0.